The summed E-state index contributed by atoms with van der Waals surface area (Å²) in [7, 11) is 1.66. The zero-order chi connectivity index (χ0) is 18.4. The van der Waals surface area contributed by atoms with Gasteiger partial charge in [0.2, 0.25) is 5.91 Å². The number of ether oxygens (including phenoxy) is 2. The van der Waals surface area contributed by atoms with Gasteiger partial charge in [0.1, 0.15) is 18.1 Å². The molecule has 3 rings (SSSR count). The van der Waals surface area contributed by atoms with E-state index in [9.17, 15) is 4.79 Å². The average molecular weight is 390 g/mol. The van der Waals surface area contributed by atoms with Crippen LogP contribution in [0.5, 0.6) is 11.5 Å². The zero-order valence-corrected chi connectivity index (χ0v) is 16.6. The zero-order valence-electron chi connectivity index (χ0n) is 14.9. The molecule has 1 N–H and O–H groups in total. The summed E-state index contributed by atoms with van der Waals surface area (Å²) in [6.07, 6.45) is 0. The van der Waals surface area contributed by atoms with E-state index in [1.807, 2.05) is 49.4 Å². The predicted octanol–water partition coefficient (Wildman–Crippen LogP) is 4.09. The lowest BCUT2D eigenvalue weighted by atomic mass is 10.2. The Balaban J connectivity index is 1.50. The molecule has 4 nitrogen and oxygen atoms in total. The number of methoxy groups -OCH3 is 1. The summed E-state index contributed by atoms with van der Waals surface area (Å²) in [5.41, 5.74) is 0. The first-order valence-corrected chi connectivity index (χ1v) is 10.6. The van der Waals surface area contributed by atoms with Crippen LogP contribution in [0.15, 0.2) is 58.3 Å². The molecule has 1 heterocycles. The van der Waals surface area contributed by atoms with E-state index in [-0.39, 0.29) is 17.9 Å². The molecule has 0 saturated heterocycles. The average Bonchev–Trinajstić information content (AvgIpc) is 2.89. The third kappa shape index (κ3) is 4.89. The van der Waals surface area contributed by atoms with Crippen LogP contribution in [0.25, 0.3) is 0 Å². The van der Waals surface area contributed by atoms with Gasteiger partial charge < -0.3 is 14.8 Å². The molecule has 0 spiro atoms. The minimum absolute atomic E-state index is 0.0126. The Kier molecular flexibility index (Phi) is 6.74. The Bertz CT molecular complexity index is 726. The number of para-hydroxylation sites is 2. The van der Waals surface area contributed by atoms with Crippen molar-refractivity contribution in [2.24, 2.45) is 5.92 Å². The van der Waals surface area contributed by atoms with Gasteiger partial charge in [-0.3, -0.25) is 4.79 Å². The smallest absolute Gasteiger partial charge is 0.224 e. The number of thioether (sulfide) groups is 2. The van der Waals surface area contributed by atoms with Crippen molar-refractivity contribution < 1.29 is 14.3 Å². The van der Waals surface area contributed by atoms with Gasteiger partial charge in [0, 0.05) is 27.2 Å². The van der Waals surface area contributed by atoms with Crippen molar-refractivity contribution in [2.45, 2.75) is 22.8 Å². The minimum atomic E-state index is -0.0967. The van der Waals surface area contributed by atoms with Crippen LogP contribution in [0.2, 0.25) is 0 Å². The van der Waals surface area contributed by atoms with E-state index in [4.69, 9.17) is 9.47 Å². The lowest BCUT2D eigenvalue weighted by Gasteiger charge is -2.19. The summed E-state index contributed by atoms with van der Waals surface area (Å²) in [5.74, 6) is 3.22. The van der Waals surface area contributed by atoms with E-state index in [0.717, 1.165) is 27.0 Å². The largest absolute Gasteiger partial charge is 0.496 e. The predicted molar refractivity (Wildman–Crippen MR) is 107 cm³/mol. The number of fused-ring (bicyclic) bond motifs is 1. The molecule has 0 aliphatic carbocycles. The minimum Gasteiger partial charge on any atom is -0.496 e. The molecule has 0 aromatic heterocycles. The van der Waals surface area contributed by atoms with Crippen LogP contribution in [-0.4, -0.2) is 37.2 Å². The Morgan fingerprint density at radius 3 is 2.92 bits per heavy atom. The normalized spacial score (nSPS) is 17.4. The number of rotatable bonds is 6. The van der Waals surface area contributed by atoms with E-state index in [1.54, 1.807) is 30.6 Å². The number of carbonyl (C=O) groups is 1. The Hall–Kier alpha value is -1.79. The van der Waals surface area contributed by atoms with Gasteiger partial charge in [0.15, 0.2) is 0 Å². The second kappa shape index (κ2) is 9.24. The summed E-state index contributed by atoms with van der Waals surface area (Å²) >= 11 is 3.37. The third-order valence-electron chi connectivity index (χ3n) is 4.08. The van der Waals surface area contributed by atoms with Crippen LogP contribution in [0.4, 0.5) is 0 Å². The first kappa shape index (κ1) is 19.0. The topological polar surface area (TPSA) is 47.6 Å². The maximum atomic E-state index is 12.6. The van der Waals surface area contributed by atoms with E-state index in [1.165, 1.54) is 0 Å². The van der Waals surface area contributed by atoms with Gasteiger partial charge in [-0.15, -0.1) is 23.5 Å². The molecule has 0 saturated carbocycles. The summed E-state index contributed by atoms with van der Waals surface area (Å²) in [6.45, 7) is 2.46. The van der Waals surface area contributed by atoms with Crippen LogP contribution in [-0.2, 0) is 4.79 Å². The standard InChI is InChI=1S/C20H23NO3S2/c1-14(12-25-18-9-5-3-7-16(18)23-2)20(22)21-15-11-24-17-8-4-6-10-19(17)26-13-15/h3-10,14-15H,11-13H2,1-2H3,(H,21,22). The number of benzene rings is 2. The number of hydrogen-bond donors (Lipinski definition) is 1. The van der Waals surface area contributed by atoms with Gasteiger partial charge in [-0.2, -0.15) is 0 Å². The fourth-order valence-corrected chi connectivity index (χ4v) is 4.63. The molecule has 2 aromatic rings. The lowest BCUT2D eigenvalue weighted by molar-refractivity contribution is -0.124. The van der Waals surface area contributed by atoms with Crippen LogP contribution < -0.4 is 14.8 Å². The SMILES string of the molecule is COc1ccccc1SCC(C)C(=O)NC1COc2ccccc2SC1. The molecule has 1 aliphatic heterocycles. The maximum Gasteiger partial charge on any atom is 0.224 e. The van der Waals surface area contributed by atoms with Gasteiger partial charge in [-0.1, -0.05) is 31.2 Å². The van der Waals surface area contributed by atoms with Crippen molar-refractivity contribution >= 4 is 29.4 Å². The highest BCUT2D eigenvalue weighted by atomic mass is 32.2. The molecule has 2 atom stereocenters. The Labute approximate surface area is 163 Å². The van der Waals surface area contributed by atoms with Crippen LogP contribution >= 0.6 is 23.5 Å². The summed E-state index contributed by atoms with van der Waals surface area (Å²) in [5, 5.41) is 3.13. The molecule has 138 valence electrons. The maximum absolute atomic E-state index is 12.6. The van der Waals surface area contributed by atoms with E-state index < -0.39 is 0 Å². The van der Waals surface area contributed by atoms with Gasteiger partial charge in [-0.25, -0.2) is 0 Å². The molecule has 0 bridgehead atoms. The number of amides is 1. The molecule has 1 aliphatic rings. The molecular weight excluding hydrogens is 366 g/mol. The molecule has 26 heavy (non-hydrogen) atoms. The van der Waals surface area contributed by atoms with E-state index in [2.05, 4.69) is 11.4 Å². The van der Waals surface area contributed by atoms with Crippen molar-refractivity contribution in [3.05, 3.63) is 48.5 Å². The molecule has 1 amide bonds. The van der Waals surface area contributed by atoms with Crippen molar-refractivity contribution in [3.8, 4) is 11.5 Å². The molecule has 0 radical (unpaired) electrons. The van der Waals surface area contributed by atoms with Crippen molar-refractivity contribution in [2.75, 3.05) is 25.2 Å². The van der Waals surface area contributed by atoms with Crippen molar-refractivity contribution in [1.29, 1.82) is 0 Å². The highest BCUT2D eigenvalue weighted by Crippen LogP contribution is 2.32. The summed E-state index contributed by atoms with van der Waals surface area (Å²) in [6, 6.07) is 15.9. The molecule has 2 aromatic carbocycles. The molecule has 0 fully saturated rings. The number of hydrogen-bond acceptors (Lipinski definition) is 5. The second-order valence-electron chi connectivity index (χ2n) is 6.14. The number of carbonyl (C=O) groups excluding carboxylic acids is 1. The molecule has 6 heteroatoms. The highest BCUT2D eigenvalue weighted by Gasteiger charge is 2.22. The first-order chi connectivity index (χ1) is 12.7. The highest BCUT2D eigenvalue weighted by molar-refractivity contribution is 7.99. The van der Waals surface area contributed by atoms with E-state index >= 15 is 0 Å². The van der Waals surface area contributed by atoms with Gasteiger partial charge in [0.25, 0.3) is 0 Å². The van der Waals surface area contributed by atoms with Gasteiger partial charge >= 0.3 is 0 Å². The second-order valence-corrected chi connectivity index (χ2v) is 8.26. The summed E-state index contributed by atoms with van der Waals surface area (Å²) in [4.78, 5) is 14.7. The first-order valence-electron chi connectivity index (χ1n) is 8.58. The quantitative estimate of drug-likeness (QED) is 0.754. The third-order valence-corrected chi connectivity index (χ3v) is 6.61. The van der Waals surface area contributed by atoms with Crippen LogP contribution in [0.3, 0.4) is 0 Å². The fraction of sp³-hybridized carbons (Fsp3) is 0.350. The lowest BCUT2D eigenvalue weighted by Crippen LogP contribution is -2.43. The summed E-state index contributed by atoms with van der Waals surface area (Å²) < 4.78 is 11.2. The van der Waals surface area contributed by atoms with Crippen molar-refractivity contribution in [1.82, 2.24) is 5.32 Å². The van der Waals surface area contributed by atoms with Crippen LogP contribution in [0.1, 0.15) is 6.92 Å². The van der Waals surface area contributed by atoms with Crippen molar-refractivity contribution in [3.63, 3.8) is 0 Å². The monoisotopic (exact) mass is 389 g/mol. The Morgan fingerprint density at radius 2 is 2.08 bits per heavy atom. The molecular formula is C20H23NO3S2. The van der Waals surface area contributed by atoms with E-state index in [0.29, 0.717) is 12.4 Å². The Morgan fingerprint density at radius 1 is 1.31 bits per heavy atom. The van der Waals surface area contributed by atoms with Gasteiger partial charge in [-0.05, 0) is 24.3 Å². The molecule has 2 unspecified atom stereocenters. The number of nitrogens with one attached hydrogen (secondary N) is 1. The van der Waals surface area contributed by atoms with Gasteiger partial charge in [0.05, 0.1) is 13.2 Å². The van der Waals surface area contributed by atoms with Crippen LogP contribution in [0, 0.1) is 5.92 Å². The fourth-order valence-electron chi connectivity index (χ4n) is 2.57.